The summed E-state index contributed by atoms with van der Waals surface area (Å²) < 4.78 is 1.78. The van der Waals surface area contributed by atoms with Gasteiger partial charge in [0.2, 0.25) is 0 Å². The van der Waals surface area contributed by atoms with Crippen molar-refractivity contribution < 1.29 is 0 Å². The highest BCUT2D eigenvalue weighted by Crippen LogP contribution is 2.00. The molecule has 0 aliphatic carbocycles. The molecule has 0 N–H and O–H groups in total. The Bertz CT molecular complexity index is 412. The maximum Gasteiger partial charge on any atom is 0.0974 e. The SMILES string of the molecule is ClCc1cn(CCc2ccccn2)nn1. The number of nitrogens with zero attached hydrogens (tertiary/aromatic N) is 4. The predicted molar refractivity (Wildman–Crippen MR) is 57.5 cm³/mol. The summed E-state index contributed by atoms with van der Waals surface area (Å²) in [6.07, 6.45) is 4.50. The van der Waals surface area contributed by atoms with Gasteiger partial charge in [0.05, 0.1) is 11.6 Å². The molecule has 15 heavy (non-hydrogen) atoms. The first-order chi connectivity index (χ1) is 7.38. The molecule has 0 bridgehead atoms. The summed E-state index contributed by atoms with van der Waals surface area (Å²) in [7, 11) is 0. The number of hydrogen-bond acceptors (Lipinski definition) is 3. The first-order valence-electron chi connectivity index (χ1n) is 4.73. The van der Waals surface area contributed by atoms with Crippen molar-refractivity contribution in [2.45, 2.75) is 18.8 Å². The minimum Gasteiger partial charge on any atom is -0.261 e. The van der Waals surface area contributed by atoms with Crippen LogP contribution in [0.15, 0.2) is 30.6 Å². The molecule has 0 atom stereocenters. The minimum atomic E-state index is 0.406. The smallest absolute Gasteiger partial charge is 0.0974 e. The molecule has 2 rings (SSSR count). The molecule has 0 saturated carbocycles. The van der Waals surface area contributed by atoms with Crippen LogP contribution in [0.4, 0.5) is 0 Å². The number of alkyl halides is 1. The Labute approximate surface area is 92.9 Å². The third-order valence-electron chi connectivity index (χ3n) is 2.05. The van der Waals surface area contributed by atoms with Gasteiger partial charge in [-0.15, -0.1) is 16.7 Å². The van der Waals surface area contributed by atoms with Crippen LogP contribution in [0.25, 0.3) is 0 Å². The first-order valence-corrected chi connectivity index (χ1v) is 5.27. The summed E-state index contributed by atoms with van der Waals surface area (Å²) in [5, 5.41) is 7.86. The van der Waals surface area contributed by atoms with Crippen molar-refractivity contribution in [2.75, 3.05) is 0 Å². The number of pyridine rings is 1. The Morgan fingerprint density at radius 1 is 1.27 bits per heavy atom. The topological polar surface area (TPSA) is 43.6 Å². The Morgan fingerprint density at radius 2 is 2.20 bits per heavy atom. The highest BCUT2D eigenvalue weighted by molar-refractivity contribution is 6.16. The van der Waals surface area contributed by atoms with E-state index in [2.05, 4.69) is 15.3 Å². The maximum absolute atomic E-state index is 5.63. The van der Waals surface area contributed by atoms with E-state index in [1.54, 1.807) is 10.9 Å². The van der Waals surface area contributed by atoms with Crippen molar-refractivity contribution in [3.63, 3.8) is 0 Å². The average molecular weight is 223 g/mol. The second-order valence-corrected chi connectivity index (χ2v) is 3.44. The molecule has 0 spiro atoms. The zero-order valence-corrected chi connectivity index (χ0v) is 8.93. The number of aryl methyl sites for hydroxylation is 2. The molecular formula is C10H11ClN4. The van der Waals surface area contributed by atoms with Crippen LogP contribution in [0.1, 0.15) is 11.4 Å². The van der Waals surface area contributed by atoms with Gasteiger partial charge in [0.25, 0.3) is 0 Å². The van der Waals surface area contributed by atoms with Crippen molar-refractivity contribution in [1.82, 2.24) is 20.0 Å². The Kier molecular flexibility index (Phi) is 3.29. The van der Waals surface area contributed by atoms with Gasteiger partial charge >= 0.3 is 0 Å². The van der Waals surface area contributed by atoms with E-state index < -0.39 is 0 Å². The summed E-state index contributed by atoms with van der Waals surface area (Å²) >= 11 is 5.63. The first kappa shape index (κ1) is 10.1. The van der Waals surface area contributed by atoms with E-state index in [0.717, 1.165) is 24.4 Å². The normalized spacial score (nSPS) is 10.5. The fourth-order valence-corrected chi connectivity index (χ4v) is 1.41. The summed E-state index contributed by atoms with van der Waals surface area (Å²) in [4.78, 5) is 4.23. The van der Waals surface area contributed by atoms with Gasteiger partial charge in [0, 0.05) is 31.1 Å². The molecule has 0 saturated heterocycles. The van der Waals surface area contributed by atoms with Gasteiger partial charge in [-0.25, -0.2) is 0 Å². The van der Waals surface area contributed by atoms with Crippen molar-refractivity contribution in [3.8, 4) is 0 Å². The van der Waals surface area contributed by atoms with Gasteiger partial charge in [-0.05, 0) is 12.1 Å². The fraction of sp³-hybridized carbons (Fsp3) is 0.300. The number of hydrogen-bond donors (Lipinski definition) is 0. The fourth-order valence-electron chi connectivity index (χ4n) is 1.28. The van der Waals surface area contributed by atoms with Crippen molar-refractivity contribution >= 4 is 11.6 Å². The molecule has 2 heterocycles. The van der Waals surface area contributed by atoms with E-state index in [9.17, 15) is 0 Å². The molecule has 4 nitrogen and oxygen atoms in total. The van der Waals surface area contributed by atoms with Crippen LogP contribution >= 0.6 is 11.6 Å². The molecule has 0 aliphatic heterocycles. The Hall–Kier alpha value is -1.42. The second kappa shape index (κ2) is 4.89. The van der Waals surface area contributed by atoms with Crippen LogP contribution in [0.2, 0.25) is 0 Å². The monoisotopic (exact) mass is 222 g/mol. The summed E-state index contributed by atoms with van der Waals surface area (Å²) in [6.45, 7) is 0.779. The average Bonchev–Trinajstić information content (AvgIpc) is 2.76. The van der Waals surface area contributed by atoms with Gasteiger partial charge in [-0.3, -0.25) is 9.67 Å². The summed E-state index contributed by atoms with van der Waals surface area (Å²) in [5.41, 5.74) is 1.86. The quantitative estimate of drug-likeness (QED) is 0.739. The van der Waals surface area contributed by atoms with Gasteiger partial charge in [0.1, 0.15) is 0 Å². The van der Waals surface area contributed by atoms with E-state index in [4.69, 9.17) is 11.6 Å². The lowest BCUT2D eigenvalue weighted by atomic mass is 10.3. The molecule has 78 valence electrons. The minimum absolute atomic E-state index is 0.406. The van der Waals surface area contributed by atoms with Crippen LogP contribution in [-0.4, -0.2) is 20.0 Å². The van der Waals surface area contributed by atoms with Crippen LogP contribution in [-0.2, 0) is 18.8 Å². The lowest BCUT2D eigenvalue weighted by molar-refractivity contribution is 0.584. The van der Waals surface area contributed by atoms with Crippen molar-refractivity contribution in [1.29, 1.82) is 0 Å². The highest BCUT2D eigenvalue weighted by atomic mass is 35.5. The summed E-state index contributed by atoms with van der Waals surface area (Å²) in [6, 6.07) is 5.89. The number of aromatic nitrogens is 4. The van der Waals surface area contributed by atoms with Crippen molar-refractivity contribution in [3.05, 3.63) is 42.0 Å². The molecule has 5 heteroatoms. The molecule has 0 aromatic carbocycles. The largest absolute Gasteiger partial charge is 0.261 e. The third kappa shape index (κ3) is 2.76. The highest BCUT2D eigenvalue weighted by Gasteiger charge is 1.99. The number of halogens is 1. The third-order valence-corrected chi connectivity index (χ3v) is 2.32. The van der Waals surface area contributed by atoms with Crippen LogP contribution in [0.5, 0.6) is 0 Å². The lowest BCUT2D eigenvalue weighted by Crippen LogP contribution is -2.03. The predicted octanol–water partition coefficient (Wildman–Crippen LogP) is 1.65. The molecule has 0 amide bonds. The molecule has 0 unspecified atom stereocenters. The van der Waals surface area contributed by atoms with Crippen LogP contribution in [0, 0.1) is 0 Å². The lowest BCUT2D eigenvalue weighted by Gasteiger charge is -1.99. The molecule has 0 aliphatic rings. The molecule has 0 fully saturated rings. The van der Waals surface area contributed by atoms with E-state index in [-0.39, 0.29) is 0 Å². The van der Waals surface area contributed by atoms with Crippen LogP contribution < -0.4 is 0 Å². The molecule has 2 aromatic heterocycles. The maximum atomic E-state index is 5.63. The molecule has 2 aromatic rings. The van der Waals surface area contributed by atoms with E-state index in [0.29, 0.717) is 5.88 Å². The van der Waals surface area contributed by atoms with Crippen LogP contribution in [0.3, 0.4) is 0 Å². The van der Waals surface area contributed by atoms with Gasteiger partial charge in [-0.1, -0.05) is 11.3 Å². The number of rotatable bonds is 4. The van der Waals surface area contributed by atoms with Gasteiger partial charge < -0.3 is 0 Å². The van der Waals surface area contributed by atoms with Gasteiger partial charge in [0.15, 0.2) is 0 Å². The Morgan fingerprint density at radius 3 is 2.87 bits per heavy atom. The zero-order chi connectivity index (χ0) is 10.5. The van der Waals surface area contributed by atoms with Crippen molar-refractivity contribution in [2.24, 2.45) is 0 Å². The molecular weight excluding hydrogens is 212 g/mol. The Balaban J connectivity index is 1.93. The van der Waals surface area contributed by atoms with E-state index in [1.165, 1.54) is 0 Å². The van der Waals surface area contributed by atoms with E-state index in [1.807, 2.05) is 24.4 Å². The standard InChI is InChI=1S/C10H11ClN4/c11-7-10-8-15(14-13-10)6-4-9-3-1-2-5-12-9/h1-3,5,8H,4,6-7H2. The molecule has 0 radical (unpaired) electrons. The zero-order valence-electron chi connectivity index (χ0n) is 8.17. The van der Waals surface area contributed by atoms with E-state index >= 15 is 0 Å². The van der Waals surface area contributed by atoms with Gasteiger partial charge in [-0.2, -0.15) is 0 Å². The second-order valence-electron chi connectivity index (χ2n) is 3.18. The summed E-state index contributed by atoms with van der Waals surface area (Å²) in [5.74, 6) is 0.406.